The lowest BCUT2D eigenvalue weighted by Gasteiger charge is -2.31. The third kappa shape index (κ3) is 5.42. The molecule has 0 atom stereocenters. The van der Waals surface area contributed by atoms with Crippen molar-refractivity contribution in [1.82, 2.24) is 4.57 Å². The minimum Gasteiger partial charge on any atom is -0.471 e. The van der Waals surface area contributed by atoms with E-state index < -0.39 is 17.5 Å². The van der Waals surface area contributed by atoms with Crippen molar-refractivity contribution in [3.05, 3.63) is 53.2 Å². The van der Waals surface area contributed by atoms with Gasteiger partial charge in [0.1, 0.15) is 11.6 Å². The molecule has 3 N–H and O–H groups in total. The van der Waals surface area contributed by atoms with Crippen molar-refractivity contribution in [2.75, 3.05) is 12.4 Å². The molecule has 9 heteroatoms. The fourth-order valence-corrected chi connectivity index (χ4v) is 5.67. The molecular formula is C29H33F2N3O4. The molecule has 1 aromatic heterocycles. The van der Waals surface area contributed by atoms with Crippen molar-refractivity contribution >= 4 is 34.9 Å². The zero-order chi connectivity index (χ0) is 27.6. The van der Waals surface area contributed by atoms with Crippen molar-refractivity contribution in [1.29, 1.82) is 0 Å². The molecule has 0 radical (unpaired) electrons. The maximum absolute atomic E-state index is 15.4. The molecule has 1 fully saturated rings. The number of fused-ring (bicyclic) bond motifs is 3. The predicted molar refractivity (Wildman–Crippen MR) is 142 cm³/mol. The van der Waals surface area contributed by atoms with Gasteiger partial charge in [-0.05, 0) is 60.6 Å². The number of hydrogen-bond acceptors (Lipinski definition) is 5. The first-order valence-electron chi connectivity index (χ1n) is 12.8. The van der Waals surface area contributed by atoms with E-state index in [1.54, 1.807) is 16.7 Å². The molecule has 2 heterocycles. The number of rotatable bonds is 5. The molecule has 1 aliphatic carbocycles. The molecule has 1 amide bonds. The van der Waals surface area contributed by atoms with Crippen LogP contribution in [0.25, 0.3) is 22.0 Å². The van der Waals surface area contributed by atoms with Crippen LogP contribution in [-0.2, 0) is 16.0 Å². The number of primary amides is 1. The number of aromatic nitrogens is 1. The van der Waals surface area contributed by atoms with E-state index in [2.05, 4.69) is 10.1 Å². The van der Waals surface area contributed by atoms with Crippen LogP contribution in [0.1, 0.15) is 73.2 Å². The Bertz CT molecular complexity index is 1390. The van der Waals surface area contributed by atoms with Gasteiger partial charge in [-0.15, -0.1) is 0 Å². The quantitative estimate of drug-likeness (QED) is 0.408. The molecule has 0 bridgehead atoms. The molecule has 2 aromatic carbocycles. The Morgan fingerprint density at radius 1 is 1.13 bits per heavy atom. The molecule has 0 saturated heterocycles. The summed E-state index contributed by atoms with van der Waals surface area (Å²) in [5.74, 6) is -2.08. The summed E-state index contributed by atoms with van der Waals surface area (Å²) in [6.07, 6.45) is 6.11. The van der Waals surface area contributed by atoms with Crippen LogP contribution in [0.15, 0.2) is 30.3 Å². The Kier molecular flexibility index (Phi) is 7.85. The second-order valence-corrected chi connectivity index (χ2v) is 10.8. The average molecular weight is 526 g/mol. The van der Waals surface area contributed by atoms with Gasteiger partial charge in [0.05, 0.1) is 23.9 Å². The van der Waals surface area contributed by atoms with Crippen molar-refractivity contribution in [3.63, 3.8) is 0 Å². The number of carbonyl (C=O) groups excluding carboxylic acids is 3. The fourth-order valence-electron chi connectivity index (χ4n) is 5.67. The third-order valence-electron chi connectivity index (χ3n) is 7.24. The van der Waals surface area contributed by atoms with Crippen LogP contribution in [0.2, 0.25) is 0 Å². The van der Waals surface area contributed by atoms with Gasteiger partial charge in [0.2, 0.25) is 5.91 Å². The third-order valence-corrected chi connectivity index (χ3v) is 7.24. The van der Waals surface area contributed by atoms with E-state index in [0.717, 1.165) is 31.4 Å². The second kappa shape index (κ2) is 10.9. The van der Waals surface area contributed by atoms with E-state index in [1.807, 2.05) is 13.8 Å². The lowest BCUT2D eigenvalue weighted by molar-refractivity contribution is -0.126. The van der Waals surface area contributed by atoms with Crippen LogP contribution in [0, 0.1) is 17.0 Å². The first-order chi connectivity index (χ1) is 18.1. The minimum absolute atomic E-state index is 0.108. The largest absolute Gasteiger partial charge is 0.471 e. The minimum atomic E-state index is -0.829. The van der Waals surface area contributed by atoms with Crippen molar-refractivity contribution in [2.45, 2.75) is 64.8 Å². The van der Waals surface area contributed by atoms with Crippen LogP contribution in [0.3, 0.4) is 0 Å². The number of hydrogen-bond donors (Lipinski definition) is 2. The lowest BCUT2D eigenvalue weighted by Crippen LogP contribution is -2.31. The van der Waals surface area contributed by atoms with Gasteiger partial charge in [0, 0.05) is 29.1 Å². The SMILES string of the molecule is CC1(C)CC(=O)n2c(c(-c3cc(F)c(C(N)=O)c(NC4CCCCC4)c3)c3ccc(F)cc32)C1.COC=O. The van der Waals surface area contributed by atoms with Gasteiger partial charge >= 0.3 is 0 Å². The Labute approximate surface area is 220 Å². The summed E-state index contributed by atoms with van der Waals surface area (Å²) in [6, 6.07) is 7.53. The zero-order valence-corrected chi connectivity index (χ0v) is 21.9. The van der Waals surface area contributed by atoms with Gasteiger partial charge in [0.25, 0.3) is 12.4 Å². The molecule has 5 rings (SSSR count). The highest BCUT2D eigenvalue weighted by Crippen LogP contribution is 2.44. The molecule has 7 nitrogen and oxygen atoms in total. The Morgan fingerprint density at radius 2 is 1.82 bits per heavy atom. The molecule has 3 aromatic rings. The molecule has 202 valence electrons. The second-order valence-electron chi connectivity index (χ2n) is 10.8. The molecule has 38 heavy (non-hydrogen) atoms. The molecule has 1 saturated carbocycles. The van der Waals surface area contributed by atoms with Crippen LogP contribution in [-0.4, -0.2) is 36.0 Å². The number of nitrogens with two attached hydrogens (primary N) is 1. The van der Waals surface area contributed by atoms with E-state index in [9.17, 15) is 14.0 Å². The Hall–Kier alpha value is -3.75. The van der Waals surface area contributed by atoms with Gasteiger partial charge in [-0.25, -0.2) is 8.78 Å². The van der Waals surface area contributed by atoms with Gasteiger partial charge in [-0.3, -0.25) is 19.0 Å². The lowest BCUT2D eigenvalue weighted by atomic mass is 9.80. The molecule has 0 unspecified atom stereocenters. The summed E-state index contributed by atoms with van der Waals surface area (Å²) in [4.78, 5) is 34.2. The van der Waals surface area contributed by atoms with E-state index in [-0.39, 0.29) is 22.9 Å². The number of nitrogens with zero attached hydrogens (tertiary/aromatic N) is 1. The first kappa shape index (κ1) is 27.3. The summed E-state index contributed by atoms with van der Waals surface area (Å²) >= 11 is 0. The highest BCUT2D eigenvalue weighted by atomic mass is 19.1. The number of anilines is 1. The number of ether oxygens (including phenoxy) is 1. The number of carbonyl (C=O) groups is 3. The van der Waals surface area contributed by atoms with E-state index in [1.165, 1.54) is 31.7 Å². The number of nitrogens with one attached hydrogen (secondary N) is 1. The monoisotopic (exact) mass is 525 g/mol. The van der Waals surface area contributed by atoms with E-state index in [0.29, 0.717) is 47.0 Å². The topological polar surface area (TPSA) is 103 Å². The maximum Gasteiger partial charge on any atom is 0.292 e. The summed E-state index contributed by atoms with van der Waals surface area (Å²) in [7, 11) is 1.31. The molecule has 0 spiro atoms. The summed E-state index contributed by atoms with van der Waals surface area (Å²) in [5.41, 5.74) is 7.91. The number of halogens is 2. The number of benzene rings is 2. The van der Waals surface area contributed by atoms with Gasteiger partial charge < -0.3 is 15.8 Å². The first-order valence-corrected chi connectivity index (χ1v) is 12.8. The summed E-state index contributed by atoms with van der Waals surface area (Å²) in [5, 5.41) is 4.04. The molecule has 1 aliphatic heterocycles. The molecular weight excluding hydrogens is 492 g/mol. The van der Waals surface area contributed by atoms with Crippen LogP contribution < -0.4 is 11.1 Å². The summed E-state index contributed by atoms with van der Waals surface area (Å²) in [6.45, 7) is 4.41. The Morgan fingerprint density at radius 3 is 2.45 bits per heavy atom. The highest BCUT2D eigenvalue weighted by Gasteiger charge is 2.35. The molecule has 2 aliphatic rings. The van der Waals surface area contributed by atoms with Crippen LogP contribution >= 0.6 is 0 Å². The maximum atomic E-state index is 15.4. The van der Waals surface area contributed by atoms with Gasteiger partial charge in [0.15, 0.2) is 0 Å². The van der Waals surface area contributed by atoms with Gasteiger partial charge in [-0.1, -0.05) is 33.1 Å². The normalized spacial score (nSPS) is 16.8. The Balaban J connectivity index is 0.000000786. The average Bonchev–Trinajstić information content (AvgIpc) is 3.16. The van der Waals surface area contributed by atoms with E-state index in [4.69, 9.17) is 10.5 Å². The van der Waals surface area contributed by atoms with Crippen molar-refractivity contribution in [2.24, 2.45) is 11.1 Å². The predicted octanol–water partition coefficient (Wildman–Crippen LogP) is 5.83. The van der Waals surface area contributed by atoms with Crippen molar-refractivity contribution < 1.29 is 27.9 Å². The van der Waals surface area contributed by atoms with E-state index >= 15 is 4.39 Å². The van der Waals surface area contributed by atoms with Crippen LogP contribution in [0.4, 0.5) is 14.5 Å². The standard InChI is InChI=1S/C27H29F2N3O2.C2H4O2/c1-27(2)13-22-24(18-9-8-16(28)12-21(18)32(22)23(33)14-27)15-10-19(29)25(26(30)34)20(11-15)31-17-6-4-3-5-7-17;1-4-2-3/h8-12,17,31H,3-7,13-14H2,1-2H3,(H2,30,34);2H,1H3. The number of amides is 1. The van der Waals surface area contributed by atoms with Crippen molar-refractivity contribution in [3.8, 4) is 11.1 Å². The van der Waals surface area contributed by atoms with Crippen LogP contribution in [0.5, 0.6) is 0 Å². The number of methoxy groups -OCH3 is 1. The summed E-state index contributed by atoms with van der Waals surface area (Å²) < 4.78 is 35.0. The fraction of sp³-hybridized carbons (Fsp3) is 0.414. The highest BCUT2D eigenvalue weighted by molar-refractivity contribution is 6.06. The smallest absolute Gasteiger partial charge is 0.292 e. The van der Waals surface area contributed by atoms with Gasteiger partial charge in [-0.2, -0.15) is 0 Å². The zero-order valence-electron chi connectivity index (χ0n) is 21.9.